The molecule has 0 amide bonds. The quantitative estimate of drug-likeness (QED) is 0.720. The zero-order chi connectivity index (χ0) is 22.6. The summed E-state index contributed by atoms with van der Waals surface area (Å²) in [6, 6.07) is 0. The van der Waals surface area contributed by atoms with E-state index in [4.69, 9.17) is 4.74 Å². The molecule has 4 saturated carbocycles. The Balaban J connectivity index is 1.30. The van der Waals surface area contributed by atoms with Crippen molar-refractivity contribution in [2.24, 2.45) is 40.4 Å². The average Bonchev–Trinajstić information content (AvgIpc) is 3.38. The van der Waals surface area contributed by atoms with E-state index in [1.54, 1.807) is 0 Å². The molecule has 0 unspecified atom stereocenters. The first kappa shape index (κ1) is 22.5. The second-order valence-corrected chi connectivity index (χ2v) is 11.9. The van der Waals surface area contributed by atoms with Crippen molar-refractivity contribution in [2.45, 2.75) is 90.7 Å². The van der Waals surface area contributed by atoms with Gasteiger partial charge >= 0.3 is 0 Å². The molecule has 1 N–H and O–H groups in total. The Morgan fingerprint density at radius 3 is 2.62 bits per heavy atom. The lowest BCUT2D eigenvalue weighted by Gasteiger charge is -2.61. The van der Waals surface area contributed by atoms with Gasteiger partial charge in [-0.15, -0.1) is 10.2 Å². The van der Waals surface area contributed by atoms with Crippen LogP contribution >= 0.6 is 0 Å². The first-order valence-electron chi connectivity index (χ1n) is 12.8. The molecule has 0 saturated heterocycles. The normalized spacial score (nSPS) is 45.7. The molecule has 0 aromatic carbocycles. The molecule has 5 rings (SSSR count). The van der Waals surface area contributed by atoms with Crippen LogP contribution in [-0.2, 0) is 16.1 Å². The largest absolute Gasteiger partial charge is 0.387 e. The fraction of sp³-hybridized carbons (Fsp3) is 0.920. The second-order valence-electron chi connectivity index (χ2n) is 11.9. The third-order valence-electron chi connectivity index (χ3n) is 10.3. The van der Waals surface area contributed by atoms with Gasteiger partial charge < -0.3 is 9.84 Å². The number of nitrogens with zero attached hydrogens (tertiary/aromatic N) is 4. The lowest BCUT2D eigenvalue weighted by Crippen LogP contribution is -2.56. The van der Waals surface area contributed by atoms with E-state index in [1.165, 1.54) is 36.8 Å². The molecule has 0 bridgehead atoms. The summed E-state index contributed by atoms with van der Waals surface area (Å²) in [6.45, 7) is 8.23. The Labute approximate surface area is 191 Å². The van der Waals surface area contributed by atoms with Gasteiger partial charge in [0.2, 0.25) is 0 Å². The van der Waals surface area contributed by atoms with E-state index >= 15 is 0 Å². The minimum Gasteiger partial charge on any atom is -0.387 e. The predicted molar refractivity (Wildman–Crippen MR) is 119 cm³/mol. The van der Waals surface area contributed by atoms with Crippen LogP contribution < -0.4 is 0 Å². The zero-order valence-electron chi connectivity index (χ0n) is 20.0. The Morgan fingerprint density at radius 1 is 1.09 bits per heavy atom. The first-order chi connectivity index (χ1) is 15.3. The third-order valence-corrected chi connectivity index (χ3v) is 10.3. The number of ketones is 1. The highest BCUT2D eigenvalue weighted by molar-refractivity contribution is 5.81. The highest BCUT2D eigenvalue weighted by Crippen LogP contribution is 2.67. The molecular formula is C25H40N4O3. The van der Waals surface area contributed by atoms with Gasteiger partial charge in [-0.2, -0.15) is 4.80 Å². The monoisotopic (exact) mass is 444 g/mol. The van der Waals surface area contributed by atoms with Crippen LogP contribution in [0.1, 0.15) is 78.6 Å². The van der Waals surface area contributed by atoms with Crippen LogP contribution in [0.3, 0.4) is 0 Å². The van der Waals surface area contributed by atoms with E-state index in [2.05, 4.69) is 29.3 Å². The number of aromatic nitrogens is 4. The molecule has 4 aliphatic carbocycles. The van der Waals surface area contributed by atoms with E-state index in [0.717, 1.165) is 43.9 Å². The molecule has 0 spiro atoms. The van der Waals surface area contributed by atoms with Crippen molar-refractivity contribution >= 4 is 5.78 Å². The highest BCUT2D eigenvalue weighted by atomic mass is 16.5. The summed E-state index contributed by atoms with van der Waals surface area (Å²) in [5.74, 6) is 3.22. The van der Waals surface area contributed by atoms with Crippen LogP contribution in [0.2, 0.25) is 0 Å². The number of Topliss-reactive ketones (excluding diaryl/α,β-unsaturated/α-hetero) is 1. The van der Waals surface area contributed by atoms with Crippen LogP contribution in [0, 0.1) is 40.4 Å². The molecule has 8 atom stereocenters. The fourth-order valence-corrected chi connectivity index (χ4v) is 8.93. The van der Waals surface area contributed by atoms with Crippen molar-refractivity contribution in [2.75, 3.05) is 13.2 Å². The van der Waals surface area contributed by atoms with Crippen molar-refractivity contribution < 1.29 is 14.6 Å². The van der Waals surface area contributed by atoms with Crippen LogP contribution in [0.5, 0.6) is 0 Å². The van der Waals surface area contributed by atoms with Gasteiger partial charge in [-0.3, -0.25) is 4.79 Å². The molecule has 1 aromatic rings. The molecule has 4 fully saturated rings. The van der Waals surface area contributed by atoms with E-state index in [9.17, 15) is 9.90 Å². The van der Waals surface area contributed by atoms with Crippen molar-refractivity contribution in [3.63, 3.8) is 0 Å². The lowest BCUT2D eigenvalue weighted by atomic mass is 9.45. The first-order valence-corrected chi connectivity index (χ1v) is 12.8. The van der Waals surface area contributed by atoms with Crippen molar-refractivity contribution in [1.29, 1.82) is 0 Å². The number of ether oxygens (including phenoxy) is 1. The van der Waals surface area contributed by atoms with E-state index < -0.39 is 5.60 Å². The SMILES string of the molecule is CCOC[C@@]1(O)CC[C@@H]2[C@H]3CC[C@]4(C)[C@@H](C(=O)Cn5ncnn5)CC[C@H]4[C@@H]3CC[C@@]2(C)C1. The lowest BCUT2D eigenvalue weighted by molar-refractivity contribution is -0.162. The van der Waals surface area contributed by atoms with Crippen molar-refractivity contribution in [1.82, 2.24) is 20.2 Å². The number of hydrogen-bond acceptors (Lipinski definition) is 6. The van der Waals surface area contributed by atoms with E-state index in [-0.39, 0.29) is 29.1 Å². The summed E-state index contributed by atoms with van der Waals surface area (Å²) in [7, 11) is 0. The number of carbonyl (C=O) groups excluding carboxylic acids is 1. The van der Waals surface area contributed by atoms with Crippen LogP contribution in [0.15, 0.2) is 6.33 Å². The van der Waals surface area contributed by atoms with E-state index in [0.29, 0.717) is 25.0 Å². The topological polar surface area (TPSA) is 90.1 Å². The summed E-state index contributed by atoms with van der Waals surface area (Å²) in [4.78, 5) is 14.6. The second kappa shape index (κ2) is 8.15. The number of tetrazole rings is 1. The number of fused-ring (bicyclic) bond motifs is 5. The molecule has 1 aromatic heterocycles. The van der Waals surface area contributed by atoms with Crippen LogP contribution in [0.4, 0.5) is 0 Å². The molecule has 7 heteroatoms. The average molecular weight is 445 g/mol. The minimum atomic E-state index is -0.655. The van der Waals surface area contributed by atoms with Gasteiger partial charge in [0.05, 0.1) is 12.2 Å². The van der Waals surface area contributed by atoms with Crippen molar-refractivity contribution in [3.8, 4) is 0 Å². The van der Waals surface area contributed by atoms with Crippen LogP contribution in [0.25, 0.3) is 0 Å². The molecule has 1 heterocycles. The van der Waals surface area contributed by atoms with Gasteiger partial charge in [0.25, 0.3) is 0 Å². The van der Waals surface area contributed by atoms with Gasteiger partial charge in [0.15, 0.2) is 12.1 Å². The fourth-order valence-electron chi connectivity index (χ4n) is 8.93. The summed E-state index contributed by atoms with van der Waals surface area (Å²) < 4.78 is 5.65. The molecule has 0 radical (unpaired) electrons. The molecule has 7 nitrogen and oxygen atoms in total. The minimum absolute atomic E-state index is 0.108. The maximum Gasteiger partial charge on any atom is 0.162 e. The van der Waals surface area contributed by atoms with Gasteiger partial charge in [-0.05, 0) is 104 Å². The molecule has 32 heavy (non-hydrogen) atoms. The molecule has 4 aliphatic rings. The molecule has 0 aliphatic heterocycles. The number of hydrogen-bond donors (Lipinski definition) is 1. The van der Waals surface area contributed by atoms with Gasteiger partial charge in [-0.1, -0.05) is 13.8 Å². The predicted octanol–water partition coefficient (Wildman–Crippen LogP) is 3.67. The zero-order valence-corrected chi connectivity index (χ0v) is 20.0. The Morgan fingerprint density at radius 2 is 1.88 bits per heavy atom. The summed E-state index contributed by atoms with van der Waals surface area (Å²) in [5.41, 5.74) is -0.333. The van der Waals surface area contributed by atoms with Crippen LogP contribution in [-0.4, -0.2) is 49.9 Å². The molecular weight excluding hydrogens is 404 g/mol. The molecule has 178 valence electrons. The van der Waals surface area contributed by atoms with Crippen molar-refractivity contribution in [3.05, 3.63) is 6.33 Å². The third kappa shape index (κ3) is 3.64. The maximum atomic E-state index is 13.2. The highest BCUT2D eigenvalue weighted by Gasteiger charge is 2.61. The van der Waals surface area contributed by atoms with Gasteiger partial charge in [0.1, 0.15) is 6.54 Å². The van der Waals surface area contributed by atoms with E-state index in [1.807, 2.05) is 6.92 Å². The Kier molecular flexibility index (Phi) is 5.72. The smallest absolute Gasteiger partial charge is 0.162 e. The number of rotatable bonds is 6. The summed E-state index contributed by atoms with van der Waals surface area (Å²) in [6.07, 6.45) is 11.3. The summed E-state index contributed by atoms with van der Waals surface area (Å²) >= 11 is 0. The van der Waals surface area contributed by atoms with Gasteiger partial charge in [0, 0.05) is 12.5 Å². The summed E-state index contributed by atoms with van der Waals surface area (Å²) in [5, 5.41) is 22.9. The number of carbonyl (C=O) groups is 1. The Hall–Kier alpha value is -1.34. The maximum absolute atomic E-state index is 13.2. The Bertz CT molecular complexity index is 831. The standard InChI is InChI=1S/C25H40N4O3/c1-4-32-15-25(31)12-9-19-17-8-11-24(3)20(18(17)7-10-23(19,2)14-25)5-6-21(24)22(30)13-29-27-16-26-28-29/h16-21,31H,4-15H2,1-3H3/t17-,18+,19+,20-,21+,23-,24-,25+/m0/s1. The number of aliphatic hydroxyl groups is 1. The van der Waals surface area contributed by atoms with Gasteiger partial charge in [-0.25, -0.2) is 0 Å².